The minimum atomic E-state index is -1.41. The Morgan fingerprint density at radius 2 is 2.17 bits per heavy atom. The molecule has 1 N–H and O–H groups in total. The van der Waals surface area contributed by atoms with Crippen LogP contribution in [0.15, 0.2) is 0 Å². The van der Waals surface area contributed by atoms with Crippen LogP contribution in [-0.4, -0.2) is 16.3 Å². The SMILES string of the molecule is CC(Cl)(Cl)C(=O)NOC1CCC1. The number of hydrogen-bond donors (Lipinski definition) is 1. The summed E-state index contributed by atoms with van der Waals surface area (Å²) < 4.78 is -1.41. The minimum absolute atomic E-state index is 0.143. The average molecular weight is 212 g/mol. The van der Waals surface area contributed by atoms with Crippen molar-refractivity contribution in [2.75, 3.05) is 0 Å². The smallest absolute Gasteiger partial charge is 0.270 e. The lowest BCUT2D eigenvalue weighted by Gasteiger charge is -2.25. The van der Waals surface area contributed by atoms with Crippen molar-refractivity contribution in [3.63, 3.8) is 0 Å². The molecule has 1 rings (SSSR count). The van der Waals surface area contributed by atoms with Crippen LogP contribution in [0.2, 0.25) is 0 Å². The summed E-state index contributed by atoms with van der Waals surface area (Å²) in [5, 5.41) is 0. The molecule has 12 heavy (non-hydrogen) atoms. The van der Waals surface area contributed by atoms with Gasteiger partial charge in [-0.2, -0.15) is 0 Å². The highest BCUT2D eigenvalue weighted by molar-refractivity contribution is 6.57. The molecule has 0 atom stereocenters. The standard InChI is InChI=1S/C7H11Cl2NO2/c1-7(8,9)6(11)10-12-5-3-2-4-5/h5H,2-4H2,1H3,(H,10,11). The van der Waals surface area contributed by atoms with Gasteiger partial charge in [0.15, 0.2) is 4.33 Å². The lowest BCUT2D eigenvalue weighted by Crippen LogP contribution is -2.40. The van der Waals surface area contributed by atoms with Gasteiger partial charge < -0.3 is 0 Å². The van der Waals surface area contributed by atoms with E-state index in [-0.39, 0.29) is 6.10 Å². The summed E-state index contributed by atoms with van der Waals surface area (Å²) in [7, 11) is 0. The Labute approximate surface area is 81.3 Å². The van der Waals surface area contributed by atoms with Crippen molar-refractivity contribution in [2.45, 2.75) is 36.6 Å². The molecule has 0 bridgehead atoms. The number of hydrogen-bond acceptors (Lipinski definition) is 2. The Morgan fingerprint density at radius 1 is 1.58 bits per heavy atom. The summed E-state index contributed by atoms with van der Waals surface area (Å²) in [4.78, 5) is 16.0. The molecule has 0 aromatic carbocycles. The molecule has 3 nitrogen and oxygen atoms in total. The third-order valence-corrected chi connectivity index (χ3v) is 2.11. The Balaban J connectivity index is 2.17. The first-order valence-corrected chi connectivity index (χ1v) is 4.59. The summed E-state index contributed by atoms with van der Waals surface area (Å²) in [5.41, 5.74) is 2.22. The average Bonchev–Trinajstić information content (AvgIpc) is 1.81. The molecule has 0 spiro atoms. The molecule has 70 valence electrons. The number of halogens is 2. The van der Waals surface area contributed by atoms with E-state index in [1.165, 1.54) is 6.92 Å². The number of hydroxylamine groups is 1. The van der Waals surface area contributed by atoms with Crippen LogP contribution in [0.4, 0.5) is 0 Å². The molecular weight excluding hydrogens is 201 g/mol. The van der Waals surface area contributed by atoms with Crippen molar-refractivity contribution in [3.8, 4) is 0 Å². The topological polar surface area (TPSA) is 38.3 Å². The Hall–Kier alpha value is 0.01000. The summed E-state index contributed by atoms with van der Waals surface area (Å²) in [6, 6.07) is 0. The van der Waals surface area contributed by atoms with E-state index in [1.54, 1.807) is 0 Å². The van der Waals surface area contributed by atoms with Crippen LogP contribution < -0.4 is 5.48 Å². The molecule has 1 saturated carbocycles. The van der Waals surface area contributed by atoms with E-state index < -0.39 is 10.2 Å². The molecule has 0 heterocycles. The molecule has 0 aromatic rings. The molecule has 1 amide bonds. The van der Waals surface area contributed by atoms with Crippen LogP contribution in [0.3, 0.4) is 0 Å². The second kappa shape index (κ2) is 3.81. The predicted molar refractivity (Wildman–Crippen MR) is 47.0 cm³/mol. The zero-order chi connectivity index (χ0) is 9.19. The molecule has 5 heteroatoms. The maximum absolute atomic E-state index is 11.0. The third kappa shape index (κ3) is 2.81. The van der Waals surface area contributed by atoms with Crippen LogP contribution in [0, 0.1) is 0 Å². The molecular formula is C7H11Cl2NO2. The summed E-state index contributed by atoms with van der Waals surface area (Å²) >= 11 is 11.0. The highest BCUT2D eigenvalue weighted by atomic mass is 35.5. The van der Waals surface area contributed by atoms with Crippen LogP contribution in [-0.2, 0) is 9.63 Å². The molecule has 0 saturated heterocycles. The number of amides is 1. The summed E-state index contributed by atoms with van der Waals surface area (Å²) in [6.07, 6.45) is 3.27. The van der Waals surface area contributed by atoms with Gasteiger partial charge in [0.1, 0.15) is 0 Å². The van der Waals surface area contributed by atoms with E-state index >= 15 is 0 Å². The highest BCUT2D eigenvalue weighted by Gasteiger charge is 2.29. The lowest BCUT2D eigenvalue weighted by atomic mass is 9.97. The maximum atomic E-state index is 11.0. The van der Waals surface area contributed by atoms with Crippen molar-refractivity contribution >= 4 is 29.1 Å². The van der Waals surface area contributed by atoms with Gasteiger partial charge >= 0.3 is 0 Å². The van der Waals surface area contributed by atoms with E-state index in [0.717, 1.165) is 19.3 Å². The van der Waals surface area contributed by atoms with Gasteiger partial charge in [-0.15, -0.1) is 0 Å². The summed E-state index contributed by atoms with van der Waals surface area (Å²) in [5.74, 6) is -0.516. The van der Waals surface area contributed by atoms with E-state index in [2.05, 4.69) is 5.48 Å². The molecule has 0 radical (unpaired) electrons. The Bertz CT molecular complexity index is 175. The fourth-order valence-electron chi connectivity index (χ4n) is 0.715. The number of rotatable bonds is 3. The van der Waals surface area contributed by atoms with Crippen LogP contribution in [0.1, 0.15) is 26.2 Å². The number of nitrogens with one attached hydrogen (secondary N) is 1. The molecule has 1 fully saturated rings. The van der Waals surface area contributed by atoms with E-state index in [1.807, 2.05) is 0 Å². The van der Waals surface area contributed by atoms with Crippen molar-refractivity contribution in [3.05, 3.63) is 0 Å². The van der Waals surface area contributed by atoms with Crippen molar-refractivity contribution in [1.29, 1.82) is 0 Å². The Morgan fingerprint density at radius 3 is 2.50 bits per heavy atom. The zero-order valence-corrected chi connectivity index (χ0v) is 8.28. The van der Waals surface area contributed by atoms with Gasteiger partial charge in [0.05, 0.1) is 6.10 Å². The lowest BCUT2D eigenvalue weighted by molar-refractivity contribution is -0.143. The molecule has 0 aromatic heterocycles. The third-order valence-electron chi connectivity index (χ3n) is 1.77. The largest absolute Gasteiger partial charge is 0.279 e. The predicted octanol–water partition coefficient (Wildman–Crippen LogP) is 1.78. The number of carbonyl (C=O) groups is 1. The normalized spacial score (nSPS) is 18.6. The second-order valence-corrected chi connectivity index (χ2v) is 4.70. The van der Waals surface area contributed by atoms with Gasteiger partial charge in [0.2, 0.25) is 0 Å². The monoisotopic (exact) mass is 211 g/mol. The van der Waals surface area contributed by atoms with Gasteiger partial charge in [-0.05, 0) is 26.2 Å². The highest BCUT2D eigenvalue weighted by Crippen LogP contribution is 2.22. The fraction of sp³-hybridized carbons (Fsp3) is 0.857. The van der Waals surface area contributed by atoms with Crippen molar-refractivity contribution in [1.82, 2.24) is 5.48 Å². The first-order chi connectivity index (χ1) is 5.50. The van der Waals surface area contributed by atoms with Crippen molar-refractivity contribution < 1.29 is 9.63 Å². The van der Waals surface area contributed by atoms with Gasteiger partial charge in [0, 0.05) is 0 Å². The first kappa shape index (κ1) is 10.1. The quantitative estimate of drug-likeness (QED) is 0.572. The molecule has 0 aliphatic heterocycles. The molecule has 1 aliphatic carbocycles. The fourth-order valence-corrected chi connectivity index (χ4v) is 0.792. The van der Waals surface area contributed by atoms with Gasteiger partial charge in [0.25, 0.3) is 5.91 Å². The van der Waals surface area contributed by atoms with Gasteiger partial charge in [-0.25, -0.2) is 5.48 Å². The minimum Gasteiger partial charge on any atom is -0.270 e. The zero-order valence-electron chi connectivity index (χ0n) is 6.77. The number of carbonyl (C=O) groups excluding carboxylic acids is 1. The van der Waals surface area contributed by atoms with Crippen LogP contribution >= 0.6 is 23.2 Å². The first-order valence-electron chi connectivity index (χ1n) is 3.84. The number of alkyl halides is 2. The van der Waals surface area contributed by atoms with Crippen LogP contribution in [0.25, 0.3) is 0 Å². The second-order valence-electron chi connectivity index (χ2n) is 2.99. The van der Waals surface area contributed by atoms with Crippen molar-refractivity contribution in [2.24, 2.45) is 0 Å². The Kier molecular flexibility index (Phi) is 3.21. The van der Waals surface area contributed by atoms with E-state index in [9.17, 15) is 4.79 Å². The molecule has 1 aliphatic rings. The summed E-state index contributed by atoms with van der Waals surface area (Å²) in [6.45, 7) is 1.40. The van der Waals surface area contributed by atoms with Crippen LogP contribution in [0.5, 0.6) is 0 Å². The molecule has 0 unspecified atom stereocenters. The van der Waals surface area contributed by atoms with Gasteiger partial charge in [-0.1, -0.05) is 23.2 Å². The van der Waals surface area contributed by atoms with Gasteiger partial charge in [-0.3, -0.25) is 9.63 Å². The van der Waals surface area contributed by atoms with E-state index in [4.69, 9.17) is 28.0 Å². The van der Waals surface area contributed by atoms with E-state index in [0.29, 0.717) is 0 Å². The maximum Gasteiger partial charge on any atom is 0.279 e.